The highest BCUT2D eigenvalue weighted by Gasteiger charge is 2.44. The third-order valence-electron chi connectivity index (χ3n) is 7.67. The van der Waals surface area contributed by atoms with Crippen LogP contribution in [-0.4, -0.2) is 65.2 Å². The molecule has 238 valence electrons. The minimum Gasteiger partial charge on any atom is -0.465 e. The van der Waals surface area contributed by atoms with Gasteiger partial charge >= 0.3 is 18.2 Å². The third kappa shape index (κ3) is 6.90. The molecule has 0 spiro atoms. The summed E-state index contributed by atoms with van der Waals surface area (Å²) in [6, 6.07) is 7.23. The molecule has 3 aromatic rings. The van der Waals surface area contributed by atoms with Crippen LogP contribution in [0.25, 0.3) is 17.3 Å². The van der Waals surface area contributed by atoms with Crippen molar-refractivity contribution in [2.75, 3.05) is 36.5 Å². The van der Waals surface area contributed by atoms with Gasteiger partial charge in [-0.05, 0) is 50.6 Å². The Bertz CT molecular complexity index is 1670. The number of esters is 1. The van der Waals surface area contributed by atoms with Crippen LogP contribution >= 0.6 is 34.5 Å². The van der Waals surface area contributed by atoms with E-state index in [9.17, 15) is 32.7 Å². The molecular formula is C30H27Cl2F3N4O5S. The molecule has 0 aliphatic carbocycles. The van der Waals surface area contributed by atoms with Crippen LogP contribution in [0.4, 0.5) is 28.1 Å². The Morgan fingerprint density at radius 1 is 1.18 bits per heavy atom. The van der Waals surface area contributed by atoms with Crippen LogP contribution in [0.2, 0.25) is 10.0 Å². The molecule has 2 fully saturated rings. The van der Waals surface area contributed by atoms with Gasteiger partial charge in [-0.2, -0.15) is 13.2 Å². The van der Waals surface area contributed by atoms with Crippen molar-refractivity contribution < 1.29 is 37.4 Å². The summed E-state index contributed by atoms with van der Waals surface area (Å²) >= 11 is 13.9. The van der Waals surface area contributed by atoms with Gasteiger partial charge in [-0.15, -0.1) is 0 Å². The minimum atomic E-state index is -4.58. The van der Waals surface area contributed by atoms with E-state index in [-0.39, 0.29) is 56.1 Å². The van der Waals surface area contributed by atoms with Crippen LogP contribution in [-0.2, 0) is 15.7 Å². The smallest absolute Gasteiger partial charge is 0.416 e. The van der Waals surface area contributed by atoms with Crippen molar-refractivity contribution in [2.24, 2.45) is 5.92 Å². The monoisotopic (exact) mass is 682 g/mol. The van der Waals surface area contributed by atoms with Gasteiger partial charge in [0.2, 0.25) is 0 Å². The second-order valence-electron chi connectivity index (χ2n) is 10.6. The maximum absolute atomic E-state index is 13.6. The Morgan fingerprint density at radius 2 is 1.89 bits per heavy atom. The number of rotatable bonds is 7. The Kier molecular flexibility index (Phi) is 9.33. The highest BCUT2D eigenvalue weighted by molar-refractivity contribution is 7.20. The van der Waals surface area contributed by atoms with Gasteiger partial charge in [-0.1, -0.05) is 46.7 Å². The van der Waals surface area contributed by atoms with E-state index in [1.807, 2.05) is 4.90 Å². The average Bonchev–Trinajstić information content (AvgIpc) is 3.68. The molecule has 9 nitrogen and oxygen atoms in total. The first kappa shape index (κ1) is 32.6. The minimum absolute atomic E-state index is 0.0555. The van der Waals surface area contributed by atoms with Crippen molar-refractivity contribution >= 4 is 68.7 Å². The highest BCUT2D eigenvalue weighted by atomic mass is 35.5. The van der Waals surface area contributed by atoms with Crippen LogP contribution in [0.1, 0.15) is 41.8 Å². The number of fused-ring (bicyclic) bond motifs is 1. The first-order valence-corrected chi connectivity index (χ1v) is 15.4. The standard InChI is InChI=1S/C30H27Cl2F3N4O5S/c1-3-44-27(41)15(2)9-20-21(31)11-18(12-22(20)32)25(40)37-28-36-24(16-5-4-6-19(10-16)30(33,34)35)26(45-28)38-13-17-7-8-39(29(42)43)23(17)14-38/h4-6,9-12,17,23H,3,7-8,13-14H2,1-2H3,(H,42,43)(H,36,37,40). The van der Waals surface area contributed by atoms with Gasteiger partial charge in [0.05, 0.1) is 28.3 Å². The van der Waals surface area contributed by atoms with E-state index >= 15 is 0 Å². The fourth-order valence-corrected chi connectivity index (χ4v) is 7.12. The molecule has 2 aliphatic rings. The summed E-state index contributed by atoms with van der Waals surface area (Å²) in [5.41, 5.74) is 0.237. The number of benzene rings is 2. The fraction of sp³-hybridized carbons (Fsp3) is 0.333. The number of hydrogen-bond acceptors (Lipinski definition) is 7. The number of aromatic nitrogens is 1. The second kappa shape index (κ2) is 12.9. The molecule has 0 radical (unpaired) electrons. The number of anilines is 2. The van der Waals surface area contributed by atoms with Gasteiger partial charge in [0.1, 0.15) is 10.7 Å². The van der Waals surface area contributed by atoms with Crippen LogP contribution in [0, 0.1) is 5.92 Å². The summed E-state index contributed by atoms with van der Waals surface area (Å²) in [4.78, 5) is 44.9. The zero-order valence-corrected chi connectivity index (χ0v) is 26.3. The second-order valence-corrected chi connectivity index (χ2v) is 12.4. The van der Waals surface area contributed by atoms with Gasteiger partial charge in [-0.25, -0.2) is 14.6 Å². The summed E-state index contributed by atoms with van der Waals surface area (Å²) in [7, 11) is 0. The lowest BCUT2D eigenvalue weighted by Crippen LogP contribution is -2.38. The number of carbonyl (C=O) groups excluding carboxylic acids is 2. The van der Waals surface area contributed by atoms with Crippen LogP contribution in [0.5, 0.6) is 0 Å². The van der Waals surface area contributed by atoms with Crippen LogP contribution < -0.4 is 10.2 Å². The maximum atomic E-state index is 13.6. The molecular weight excluding hydrogens is 656 g/mol. The van der Waals surface area contributed by atoms with Crippen LogP contribution in [0.3, 0.4) is 0 Å². The predicted octanol–water partition coefficient (Wildman–Crippen LogP) is 7.54. The molecule has 45 heavy (non-hydrogen) atoms. The summed E-state index contributed by atoms with van der Waals surface area (Å²) < 4.78 is 45.7. The quantitative estimate of drug-likeness (QED) is 0.196. The maximum Gasteiger partial charge on any atom is 0.416 e. The molecule has 0 bridgehead atoms. The predicted molar refractivity (Wildman–Crippen MR) is 166 cm³/mol. The largest absolute Gasteiger partial charge is 0.465 e. The molecule has 5 rings (SSSR count). The van der Waals surface area contributed by atoms with Crippen molar-refractivity contribution in [3.8, 4) is 11.3 Å². The molecule has 15 heteroatoms. The number of alkyl halides is 3. The third-order valence-corrected chi connectivity index (χ3v) is 9.33. The van der Waals surface area contributed by atoms with Crippen molar-refractivity contribution in [1.82, 2.24) is 9.88 Å². The number of carboxylic acid groups (broad SMARTS) is 1. The number of ether oxygens (including phenoxy) is 1. The van der Waals surface area contributed by atoms with E-state index in [0.29, 0.717) is 36.6 Å². The number of amides is 2. The first-order valence-electron chi connectivity index (χ1n) is 13.9. The van der Waals surface area contributed by atoms with E-state index in [4.69, 9.17) is 27.9 Å². The van der Waals surface area contributed by atoms with Crippen LogP contribution in [0.15, 0.2) is 42.0 Å². The molecule has 2 atom stereocenters. The summed E-state index contributed by atoms with van der Waals surface area (Å²) in [6.07, 6.45) is -3.48. The Morgan fingerprint density at radius 3 is 2.53 bits per heavy atom. The normalized spacial score (nSPS) is 18.2. The van der Waals surface area contributed by atoms with Crippen molar-refractivity contribution in [1.29, 1.82) is 0 Å². The van der Waals surface area contributed by atoms with E-state index in [0.717, 1.165) is 23.5 Å². The molecule has 0 saturated carbocycles. The van der Waals surface area contributed by atoms with Crippen molar-refractivity contribution in [2.45, 2.75) is 32.5 Å². The number of nitrogens with one attached hydrogen (secondary N) is 1. The number of nitrogens with zero attached hydrogens (tertiary/aromatic N) is 3. The number of thiazole rings is 1. The van der Waals surface area contributed by atoms with Gasteiger partial charge in [0, 0.05) is 47.8 Å². The van der Waals surface area contributed by atoms with E-state index in [1.54, 1.807) is 13.8 Å². The van der Waals surface area contributed by atoms with Gasteiger partial charge in [0.25, 0.3) is 5.91 Å². The molecule has 2 amide bonds. The van der Waals surface area contributed by atoms with Gasteiger partial charge in [-0.3, -0.25) is 10.1 Å². The number of carbonyl (C=O) groups is 3. The number of likely N-dealkylation sites (tertiary alicyclic amines) is 1. The molecule has 2 aromatic carbocycles. The topological polar surface area (TPSA) is 112 Å². The summed E-state index contributed by atoms with van der Waals surface area (Å²) in [6.45, 7) is 4.66. The summed E-state index contributed by atoms with van der Waals surface area (Å²) in [5.74, 6) is -1.11. The zero-order valence-electron chi connectivity index (χ0n) is 24.0. The van der Waals surface area contributed by atoms with Crippen molar-refractivity contribution in [3.05, 3.63) is 68.7 Å². The number of hydrogen-bond donors (Lipinski definition) is 2. The van der Waals surface area contributed by atoms with E-state index < -0.39 is 29.7 Å². The Balaban J connectivity index is 1.46. The molecule has 2 aliphatic heterocycles. The lowest BCUT2D eigenvalue weighted by Gasteiger charge is -2.23. The Labute approximate surface area is 270 Å². The lowest BCUT2D eigenvalue weighted by molar-refractivity contribution is -0.138. The van der Waals surface area contributed by atoms with Gasteiger partial charge in [0.15, 0.2) is 5.13 Å². The Hall–Kier alpha value is -3.81. The molecule has 2 saturated heterocycles. The molecule has 3 heterocycles. The SMILES string of the molecule is CCOC(=O)C(C)=Cc1c(Cl)cc(C(=O)Nc2nc(-c3cccc(C(F)(F)F)c3)c(N3CC4CCN(C(=O)O)C4C3)s2)cc1Cl. The molecule has 1 aromatic heterocycles. The van der Waals surface area contributed by atoms with Crippen molar-refractivity contribution in [3.63, 3.8) is 0 Å². The fourth-order valence-electron chi connectivity index (χ4n) is 5.52. The van der Waals surface area contributed by atoms with E-state index in [2.05, 4.69) is 10.3 Å². The molecule has 2 unspecified atom stereocenters. The zero-order chi connectivity index (χ0) is 32.6. The van der Waals surface area contributed by atoms with E-state index in [1.165, 1.54) is 35.2 Å². The lowest BCUT2D eigenvalue weighted by atomic mass is 10.1. The summed E-state index contributed by atoms with van der Waals surface area (Å²) in [5, 5.41) is 13.1. The first-order chi connectivity index (χ1) is 21.3. The number of halogens is 5. The molecule has 2 N–H and O–H groups in total. The average molecular weight is 684 g/mol. The highest BCUT2D eigenvalue weighted by Crippen LogP contribution is 2.44. The van der Waals surface area contributed by atoms with Gasteiger partial charge < -0.3 is 19.6 Å².